The van der Waals surface area contributed by atoms with Gasteiger partial charge in [0.15, 0.2) is 23.1 Å². The van der Waals surface area contributed by atoms with Crippen LogP contribution >= 0.6 is 0 Å². The number of methoxy groups -OCH3 is 1. The molecule has 11 heteroatoms. The van der Waals surface area contributed by atoms with E-state index in [1.54, 1.807) is 25.1 Å². The Hall–Kier alpha value is -5.16. The summed E-state index contributed by atoms with van der Waals surface area (Å²) in [6, 6.07) is 17.1. The van der Waals surface area contributed by atoms with Crippen molar-refractivity contribution in [2.24, 2.45) is 0 Å². The topological polar surface area (TPSA) is 118 Å². The van der Waals surface area contributed by atoms with Crippen LogP contribution in [0.2, 0.25) is 0 Å². The highest BCUT2D eigenvalue weighted by molar-refractivity contribution is 5.95. The average molecular weight is 574 g/mol. The predicted octanol–water partition coefficient (Wildman–Crippen LogP) is 5.19. The molecule has 3 aromatic carbocycles. The van der Waals surface area contributed by atoms with Crippen LogP contribution in [0.1, 0.15) is 23.0 Å². The van der Waals surface area contributed by atoms with E-state index in [1.165, 1.54) is 62.0 Å². The zero-order chi connectivity index (χ0) is 29.8. The molecule has 1 atom stereocenters. The molecule has 5 aromatic rings. The number of ketones is 1. The number of ether oxygens (including phenoxy) is 3. The Kier molecular flexibility index (Phi) is 8.21. The summed E-state index contributed by atoms with van der Waals surface area (Å²) in [6.07, 6.45) is 0.416. The van der Waals surface area contributed by atoms with Crippen molar-refractivity contribution in [1.29, 1.82) is 0 Å². The summed E-state index contributed by atoms with van der Waals surface area (Å²) in [5.41, 5.74) is 1.25. The van der Waals surface area contributed by atoms with Gasteiger partial charge in [-0.2, -0.15) is 4.73 Å². The van der Waals surface area contributed by atoms with Crippen LogP contribution in [0.15, 0.2) is 79.1 Å². The van der Waals surface area contributed by atoms with Gasteiger partial charge in [-0.15, -0.1) is 0 Å². The SMILES string of the molecule is COc1ccc2ncnc(Oc3ccc(CC(=O)c4cccc(-c5ccc(F)cc5)[n+]4[O-])cc3F)c2c1O[C@H](C)CO. The number of aliphatic hydroxyl groups is 1. The second kappa shape index (κ2) is 12.1. The monoisotopic (exact) mass is 573 g/mol. The third kappa shape index (κ3) is 5.81. The van der Waals surface area contributed by atoms with E-state index in [0.717, 1.165) is 6.07 Å². The first-order chi connectivity index (χ1) is 20.3. The van der Waals surface area contributed by atoms with Crippen LogP contribution in [0, 0.1) is 16.8 Å². The molecule has 0 unspecified atom stereocenters. The fraction of sp³-hybridized carbons (Fsp3) is 0.161. The highest BCUT2D eigenvalue weighted by Crippen LogP contribution is 2.41. The van der Waals surface area contributed by atoms with Gasteiger partial charge in [0.2, 0.25) is 17.4 Å². The molecule has 0 aliphatic carbocycles. The summed E-state index contributed by atoms with van der Waals surface area (Å²) in [4.78, 5) is 21.4. The van der Waals surface area contributed by atoms with Gasteiger partial charge in [-0.3, -0.25) is 4.79 Å². The number of nitrogens with zero attached hydrogens (tertiary/aromatic N) is 3. The highest BCUT2D eigenvalue weighted by Gasteiger charge is 2.22. The van der Waals surface area contributed by atoms with E-state index in [1.807, 2.05) is 0 Å². The Morgan fingerprint density at radius 2 is 1.79 bits per heavy atom. The summed E-state index contributed by atoms with van der Waals surface area (Å²) in [5, 5.41) is 22.7. The van der Waals surface area contributed by atoms with Gasteiger partial charge >= 0.3 is 0 Å². The second-order valence-electron chi connectivity index (χ2n) is 9.35. The van der Waals surface area contributed by atoms with Crippen LogP contribution in [-0.2, 0) is 6.42 Å². The molecule has 0 spiro atoms. The zero-order valence-corrected chi connectivity index (χ0v) is 22.6. The van der Waals surface area contributed by atoms with Gasteiger partial charge in [0, 0.05) is 24.1 Å². The summed E-state index contributed by atoms with van der Waals surface area (Å²) in [5.74, 6) is -1.36. The van der Waals surface area contributed by atoms with Crippen molar-refractivity contribution >= 4 is 16.7 Å². The first kappa shape index (κ1) is 28.4. The lowest BCUT2D eigenvalue weighted by atomic mass is 10.0. The van der Waals surface area contributed by atoms with Crippen molar-refractivity contribution < 1.29 is 37.6 Å². The van der Waals surface area contributed by atoms with E-state index >= 15 is 4.39 Å². The van der Waals surface area contributed by atoms with E-state index in [-0.39, 0.29) is 41.8 Å². The van der Waals surface area contributed by atoms with Crippen molar-refractivity contribution in [2.75, 3.05) is 13.7 Å². The molecule has 9 nitrogen and oxygen atoms in total. The number of aromatic nitrogens is 3. The number of hydrogen-bond acceptors (Lipinski definition) is 8. The van der Waals surface area contributed by atoms with Crippen LogP contribution in [0.25, 0.3) is 22.2 Å². The molecule has 214 valence electrons. The number of carbonyl (C=O) groups is 1. The molecular formula is C31H25F2N3O6. The Morgan fingerprint density at radius 1 is 1.02 bits per heavy atom. The lowest BCUT2D eigenvalue weighted by Crippen LogP contribution is -2.37. The van der Waals surface area contributed by atoms with Gasteiger partial charge in [-0.05, 0) is 67.1 Å². The molecule has 0 fully saturated rings. The van der Waals surface area contributed by atoms with Gasteiger partial charge in [0.1, 0.15) is 23.6 Å². The van der Waals surface area contributed by atoms with Crippen molar-refractivity contribution in [1.82, 2.24) is 9.97 Å². The number of hydrogen-bond donors (Lipinski definition) is 1. The third-order valence-corrected chi connectivity index (χ3v) is 6.42. The Bertz CT molecular complexity index is 1760. The number of Topliss-reactive ketones (excluding diaryl/α,β-unsaturated/α-hetero) is 1. The molecule has 0 radical (unpaired) electrons. The summed E-state index contributed by atoms with van der Waals surface area (Å²) in [6.45, 7) is 1.40. The Balaban J connectivity index is 1.41. The van der Waals surface area contributed by atoms with E-state index in [9.17, 15) is 19.5 Å². The number of pyridine rings is 1. The van der Waals surface area contributed by atoms with Crippen molar-refractivity contribution in [3.63, 3.8) is 0 Å². The molecule has 0 aliphatic rings. The van der Waals surface area contributed by atoms with E-state index in [2.05, 4.69) is 9.97 Å². The van der Waals surface area contributed by atoms with Crippen molar-refractivity contribution in [3.05, 3.63) is 107 Å². The third-order valence-electron chi connectivity index (χ3n) is 6.42. The molecule has 2 heterocycles. The highest BCUT2D eigenvalue weighted by atomic mass is 19.1. The molecule has 2 aromatic heterocycles. The molecule has 42 heavy (non-hydrogen) atoms. The van der Waals surface area contributed by atoms with Gasteiger partial charge in [-0.25, -0.2) is 18.7 Å². The predicted molar refractivity (Wildman–Crippen MR) is 149 cm³/mol. The molecule has 0 amide bonds. The minimum absolute atomic E-state index is 0.00762. The Morgan fingerprint density at radius 3 is 2.50 bits per heavy atom. The zero-order valence-electron chi connectivity index (χ0n) is 22.6. The molecule has 5 rings (SSSR count). The van der Waals surface area contributed by atoms with Gasteiger partial charge in [0.25, 0.3) is 5.69 Å². The Labute approximate surface area is 239 Å². The smallest absolute Gasteiger partial charge is 0.260 e. The maximum atomic E-state index is 15.2. The normalized spacial score (nSPS) is 11.7. The van der Waals surface area contributed by atoms with Gasteiger partial charge in [-0.1, -0.05) is 6.07 Å². The van der Waals surface area contributed by atoms with Gasteiger partial charge in [0.05, 0.1) is 19.2 Å². The lowest BCUT2D eigenvalue weighted by molar-refractivity contribution is -0.596. The largest absolute Gasteiger partial charge is 0.618 e. The molecule has 0 saturated heterocycles. The minimum Gasteiger partial charge on any atom is -0.618 e. The summed E-state index contributed by atoms with van der Waals surface area (Å²) in [7, 11) is 1.45. The molecule has 1 N–H and O–H groups in total. The van der Waals surface area contributed by atoms with Crippen molar-refractivity contribution in [2.45, 2.75) is 19.4 Å². The quantitative estimate of drug-likeness (QED) is 0.138. The number of carbonyl (C=O) groups excluding carboxylic acids is 1. The molecular weight excluding hydrogens is 548 g/mol. The minimum atomic E-state index is -0.767. The number of fused-ring (bicyclic) bond motifs is 1. The van der Waals surface area contributed by atoms with Crippen LogP contribution in [-0.4, -0.2) is 40.7 Å². The fourth-order valence-electron chi connectivity index (χ4n) is 4.32. The van der Waals surface area contributed by atoms with Crippen LogP contribution in [0.5, 0.6) is 23.1 Å². The molecule has 0 saturated carbocycles. The van der Waals surface area contributed by atoms with Crippen LogP contribution in [0.4, 0.5) is 8.78 Å². The molecule has 0 aliphatic heterocycles. The van der Waals surface area contributed by atoms with E-state index < -0.39 is 23.5 Å². The first-order valence-electron chi connectivity index (χ1n) is 12.9. The van der Waals surface area contributed by atoms with Gasteiger partial charge < -0.3 is 24.5 Å². The number of benzene rings is 3. The van der Waals surface area contributed by atoms with E-state index in [4.69, 9.17) is 14.2 Å². The van der Waals surface area contributed by atoms with E-state index in [0.29, 0.717) is 32.5 Å². The van der Waals surface area contributed by atoms with Crippen molar-refractivity contribution in [3.8, 4) is 34.4 Å². The maximum absolute atomic E-state index is 15.2. The lowest BCUT2D eigenvalue weighted by Gasteiger charge is -2.18. The van der Waals surface area contributed by atoms with Crippen LogP contribution in [0.3, 0.4) is 0 Å². The summed E-state index contributed by atoms with van der Waals surface area (Å²) >= 11 is 0. The number of rotatable bonds is 10. The molecule has 0 bridgehead atoms. The maximum Gasteiger partial charge on any atom is 0.260 e. The average Bonchev–Trinajstić information content (AvgIpc) is 2.99. The van der Waals surface area contributed by atoms with Crippen LogP contribution < -0.4 is 18.9 Å². The summed E-state index contributed by atoms with van der Waals surface area (Å²) < 4.78 is 46.1. The first-order valence-corrected chi connectivity index (χ1v) is 12.9. The number of aliphatic hydroxyl groups excluding tert-OH is 1. The fourth-order valence-corrected chi connectivity index (χ4v) is 4.32. The standard InChI is InChI=1S/C31H25F2N3O6/c1-18(16-37)41-30-28(40-2)13-11-23-29(30)31(35-17-34-23)42-27-12-6-19(14-22(27)33)15-26(38)25-5-3-4-24(36(25)39)20-7-9-21(32)10-8-20/h3-14,17-18,37H,15-16H2,1-2H3/t18-/m1/s1. The number of halogens is 2. The second-order valence-corrected chi connectivity index (χ2v) is 9.35.